The normalized spacial score (nSPS) is 11.0. The number of nitrogens with one attached hydrogen (secondary N) is 1. The van der Waals surface area contributed by atoms with Crippen LogP contribution in [-0.2, 0) is 0 Å². The van der Waals surface area contributed by atoms with E-state index in [9.17, 15) is 32.9 Å². The van der Waals surface area contributed by atoms with Crippen LogP contribution in [0.1, 0.15) is 10.4 Å². The summed E-state index contributed by atoms with van der Waals surface area (Å²) in [5.74, 6) is -1.10. The maximum atomic E-state index is 11.8. The summed E-state index contributed by atoms with van der Waals surface area (Å²) in [6.07, 6.45) is -5.20. The Balaban J connectivity index is 3.33. The maximum absolute atomic E-state index is 11.8. The number of rotatable bonds is 3. The van der Waals surface area contributed by atoms with Gasteiger partial charge in [-0.2, -0.15) is 0 Å². The van der Waals surface area contributed by atoms with Crippen molar-refractivity contribution in [1.82, 2.24) is 4.98 Å². The standard InChI is InChI=1S/C7H3F3N2O5/c8-7(9,10)17-4-1-3(2-13)5(12(15)16)6(14)11-4/h1-2H,(H,11,14). The number of carbonyl (C=O) groups excluding carboxylic acids is 1. The van der Waals surface area contributed by atoms with Gasteiger partial charge in [0.2, 0.25) is 5.88 Å². The summed E-state index contributed by atoms with van der Waals surface area (Å²) >= 11 is 0. The predicted octanol–water partition coefficient (Wildman–Crippen LogP) is 0.994. The monoisotopic (exact) mass is 252 g/mol. The molecule has 0 aromatic carbocycles. The van der Waals surface area contributed by atoms with Gasteiger partial charge in [-0.15, -0.1) is 13.2 Å². The van der Waals surface area contributed by atoms with E-state index in [4.69, 9.17) is 0 Å². The van der Waals surface area contributed by atoms with Gasteiger partial charge < -0.3 is 4.74 Å². The number of carbonyl (C=O) groups is 1. The number of halogens is 3. The van der Waals surface area contributed by atoms with Gasteiger partial charge in [0.15, 0.2) is 6.29 Å². The van der Waals surface area contributed by atoms with E-state index in [-0.39, 0.29) is 6.29 Å². The molecule has 0 aliphatic carbocycles. The molecule has 0 radical (unpaired) electrons. The van der Waals surface area contributed by atoms with Crippen LogP contribution in [0.2, 0.25) is 0 Å². The molecule has 0 unspecified atom stereocenters. The van der Waals surface area contributed by atoms with Crippen LogP contribution >= 0.6 is 0 Å². The third kappa shape index (κ3) is 3.03. The van der Waals surface area contributed by atoms with E-state index in [1.165, 1.54) is 4.98 Å². The van der Waals surface area contributed by atoms with E-state index >= 15 is 0 Å². The van der Waals surface area contributed by atoms with Crippen LogP contribution in [0.5, 0.6) is 5.88 Å². The molecule has 0 saturated heterocycles. The van der Waals surface area contributed by atoms with Gasteiger partial charge in [-0.3, -0.25) is 24.7 Å². The van der Waals surface area contributed by atoms with Gasteiger partial charge in [-0.25, -0.2) is 0 Å². The first-order valence-electron chi connectivity index (χ1n) is 3.87. The van der Waals surface area contributed by atoms with Gasteiger partial charge in [-0.1, -0.05) is 0 Å². The van der Waals surface area contributed by atoms with Crippen molar-refractivity contribution >= 4 is 12.0 Å². The summed E-state index contributed by atoms with van der Waals surface area (Å²) in [5.41, 5.74) is -3.41. The molecule has 0 amide bonds. The van der Waals surface area contributed by atoms with Crippen molar-refractivity contribution in [3.05, 3.63) is 32.1 Å². The number of nitro groups is 1. The number of ether oxygens (including phenoxy) is 1. The third-order valence-electron chi connectivity index (χ3n) is 1.55. The molecule has 17 heavy (non-hydrogen) atoms. The summed E-state index contributed by atoms with van der Waals surface area (Å²) in [6, 6.07) is 0.417. The second-order valence-electron chi connectivity index (χ2n) is 2.69. The Morgan fingerprint density at radius 2 is 2.06 bits per heavy atom. The highest BCUT2D eigenvalue weighted by Gasteiger charge is 2.33. The minimum absolute atomic E-state index is 0.114. The molecule has 7 nitrogen and oxygen atoms in total. The SMILES string of the molecule is O=Cc1cc(OC(F)(F)F)[nH]c(=O)c1[N+](=O)[O-]. The van der Waals surface area contributed by atoms with Crippen LogP contribution in [0.4, 0.5) is 18.9 Å². The van der Waals surface area contributed by atoms with Gasteiger partial charge in [0.05, 0.1) is 4.92 Å². The van der Waals surface area contributed by atoms with Crippen molar-refractivity contribution in [2.75, 3.05) is 0 Å². The first kappa shape index (κ1) is 12.7. The molecule has 1 aromatic heterocycles. The van der Waals surface area contributed by atoms with E-state index in [1.54, 1.807) is 0 Å². The third-order valence-corrected chi connectivity index (χ3v) is 1.55. The molecule has 1 N–H and O–H groups in total. The van der Waals surface area contributed by atoms with Crippen LogP contribution in [0.25, 0.3) is 0 Å². The first-order chi connectivity index (χ1) is 7.74. The lowest BCUT2D eigenvalue weighted by atomic mass is 10.2. The van der Waals surface area contributed by atoms with Crippen LogP contribution in [-0.4, -0.2) is 22.6 Å². The van der Waals surface area contributed by atoms with Crippen molar-refractivity contribution in [3.63, 3.8) is 0 Å². The number of aldehydes is 1. The molecule has 1 rings (SSSR count). The molecule has 0 spiro atoms. The van der Waals surface area contributed by atoms with E-state index in [0.29, 0.717) is 6.07 Å². The van der Waals surface area contributed by atoms with Gasteiger partial charge in [0.25, 0.3) is 0 Å². The fourth-order valence-corrected chi connectivity index (χ4v) is 1.01. The van der Waals surface area contributed by atoms with Gasteiger partial charge in [0.1, 0.15) is 5.56 Å². The molecule has 1 heterocycles. The maximum Gasteiger partial charge on any atom is 0.574 e. The lowest BCUT2D eigenvalue weighted by Crippen LogP contribution is -2.22. The van der Waals surface area contributed by atoms with E-state index in [0.717, 1.165) is 0 Å². The Bertz CT molecular complexity index is 521. The Morgan fingerprint density at radius 1 is 1.47 bits per heavy atom. The molecule has 0 saturated carbocycles. The van der Waals surface area contributed by atoms with Crippen LogP contribution in [0, 0.1) is 10.1 Å². The van der Waals surface area contributed by atoms with E-state index in [1.807, 2.05) is 0 Å². The van der Waals surface area contributed by atoms with E-state index in [2.05, 4.69) is 4.74 Å². The molecule has 0 atom stereocenters. The minimum atomic E-state index is -5.08. The molecule has 10 heteroatoms. The van der Waals surface area contributed by atoms with Gasteiger partial charge in [0, 0.05) is 6.07 Å². The summed E-state index contributed by atoms with van der Waals surface area (Å²) in [4.78, 5) is 32.1. The zero-order valence-corrected chi connectivity index (χ0v) is 7.78. The second-order valence-corrected chi connectivity index (χ2v) is 2.69. The Labute approximate surface area is 90.0 Å². The lowest BCUT2D eigenvalue weighted by Gasteiger charge is -2.08. The number of pyridine rings is 1. The number of hydrogen-bond donors (Lipinski definition) is 1. The van der Waals surface area contributed by atoms with E-state index < -0.39 is 34.0 Å². The fraction of sp³-hybridized carbons (Fsp3) is 0.143. The van der Waals surface area contributed by atoms with Gasteiger partial charge in [-0.05, 0) is 0 Å². The number of hydrogen-bond acceptors (Lipinski definition) is 5. The van der Waals surface area contributed by atoms with Crippen molar-refractivity contribution in [2.45, 2.75) is 6.36 Å². The number of alkyl halides is 3. The summed E-state index contributed by atoms with van der Waals surface area (Å²) in [7, 11) is 0. The number of aromatic nitrogens is 1. The predicted molar refractivity (Wildman–Crippen MR) is 45.8 cm³/mol. The quantitative estimate of drug-likeness (QED) is 0.491. The largest absolute Gasteiger partial charge is 0.574 e. The smallest absolute Gasteiger partial charge is 0.390 e. The fourth-order valence-electron chi connectivity index (χ4n) is 1.01. The summed E-state index contributed by atoms with van der Waals surface area (Å²) < 4.78 is 38.7. The molecule has 0 aliphatic rings. The van der Waals surface area contributed by atoms with Crippen LogP contribution in [0.3, 0.4) is 0 Å². The average molecular weight is 252 g/mol. The highest BCUT2D eigenvalue weighted by molar-refractivity contribution is 5.81. The van der Waals surface area contributed by atoms with Crippen molar-refractivity contribution in [3.8, 4) is 5.88 Å². The number of nitrogens with zero attached hydrogens (tertiary/aromatic N) is 1. The van der Waals surface area contributed by atoms with Crippen LogP contribution < -0.4 is 10.3 Å². The minimum Gasteiger partial charge on any atom is -0.390 e. The molecular weight excluding hydrogens is 249 g/mol. The molecule has 0 bridgehead atoms. The Morgan fingerprint density at radius 3 is 2.47 bits per heavy atom. The number of H-pyrrole nitrogens is 1. The average Bonchev–Trinajstić information content (AvgIpc) is 2.12. The Hall–Kier alpha value is -2.39. The molecule has 92 valence electrons. The van der Waals surface area contributed by atoms with Crippen molar-refractivity contribution in [2.24, 2.45) is 0 Å². The van der Waals surface area contributed by atoms with Crippen LogP contribution in [0.15, 0.2) is 10.9 Å². The molecular formula is C7H3F3N2O5. The topological polar surface area (TPSA) is 102 Å². The molecule has 0 fully saturated rings. The summed E-state index contributed by atoms with van der Waals surface area (Å²) in [5, 5.41) is 10.4. The zero-order valence-electron chi connectivity index (χ0n) is 7.78. The molecule has 1 aromatic rings. The molecule has 0 aliphatic heterocycles. The van der Waals surface area contributed by atoms with Crippen molar-refractivity contribution < 1.29 is 27.6 Å². The second kappa shape index (κ2) is 4.23. The first-order valence-corrected chi connectivity index (χ1v) is 3.87. The van der Waals surface area contributed by atoms with Crippen molar-refractivity contribution in [1.29, 1.82) is 0 Å². The number of aromatic amines is 1. The highest BCUT2D eigenvalue weighted by atomic mass is 19.4. The summed E-state index contributed by atoms with van der Waals surface area (Å²) in [6.45, 7) is 0. The Kier molecular flexibility index (Phi) is 3.16. The highest BCUT2D eigenvalue weighted by Crippen LogP contribution is 2.22. The van der Waals surface area contributed by atoms with Gasteiger partial charge >= 0.3 is 17.6 Å². The zero-order chi connectivity index (χ0) is 13.2. The lowest BCUT2D eigenvalue weighted by molar-refractivity contribution is -0.386.